The van der Waals surface area contributed by atoms with Crippen molar-refractivity contribution in [1.82, 2.24) is 0 Å². The molecule has 0 aliphatic heterocycles. The Labute approximate surface area is 123 Å². The van der Waals surface area contributed by atoms with Crippen LogP contribution in [0.15, 0.2) is 24.3 Å². The van der Waals surface area contributed by atoms with Crippen molar-refractivity contribution >= 4 is 0 Å². The molecule has 0 spiro atoms. The van der Waals surface area contributed by atoms with E-state index >= 15 is 0 Å². The number of para-hydroxylation sites is 1. The molecule has 2 heteroatoms. The van der Waals surface area contributed by atoms with Crippen molar-refractivity contribution in [3.63, 3.8) is 0 Å². The Morgan fingerprint density at radius 1 is 1.10 bits per heavy atom. The molecule has 2 N–H and O–H groups in total. The van der Waals surface area contributed by atoms with Crippen LogP contribution in [0, 0.1) is 11.8 Å². The minimum atomic E-state index is -0.211. The predicted octanol–water partition coefficient (Wildman–Crippen LogP) is 4.47. The van der Waals surface area contributed by atoms with E-state index in [1.807, 2.05) is 6.07 Å². The highest BCUT2D eigenvalue weighted by atomic mass is 16.5. The second-order valence-electron chi connectivity index (χ2n) is 6.90. The van der Waals surface area contributed by atoms with Crippen molar-refractivity contribution in [3.8, 4) is 5.75 Å². The first-order valence-corrected chi connectivity index (χ1v) is 7.97. The molecule has 0 unspecified atom stereocenters. The van der Waals surface area contributed by atoms with Gasteiger partial charge in [0.1, 0.15) is 5.75 Å². The van der Waals surface area contributed by atoms with Gasteiger partial charge in [-0.2, -0.15) is 0 Å². The lowest BCUT2D eigenvalue weighted by Crippen LogP contribution is -2.41. The molecule has 1 saturated carbocycles. The Bertz CT molecular complexity index is 431. The molecular weight excluding hydrogens is 246 g/mol. The maximum absolute atomic E-state index is 6.74. The first kappa shape index (κ1) is 15.4. The van der Waals surface area contributed by atoms with E-state index in [1.54, 1.807) is 0 Å². The summed E-state index contributed by atoms with van der Waals surface area (Å²) in [4.78, 5) is 0. The van der Waals surface area contributed by atoms with Crippen LogP contribution in [0.5, 0.6) is 5.75 Å². The number of benzene rings is 1. The van der Waals surface area contributed by atoms with Crippen molar-refractivity contribution in [3.05, 3.63) is 29.8 Å². The van der Waals surface area contributed by atoms with Crippen LogP contribution in [0.2, 0.25) is 0 Å². The van der Waals surface area contributed by atoms with E-state index in [0.29, 0.717) is 0 Å². The molecule has 0 radical (unpaired) electrons. The minimum Gasteiger partial charge on any atom is -0.491 e. The summed E-state index contributed by atoms with van der Waals surface area (Å²) in [6.07, 6.45) is 4.77. The third-order valence-corrected chi connectivity index (χ3v) is 4.65. The Balaban J connectivity index is 2.19. The van der Waals surface area contributed by atoms with Crippen LogP contribution < -0.4 is 10.5 Å². The van der Waals surface area contributed by atoms with E-state index in [-0.39, 0.29) is 11.6 Å². The third kappa shape index (κ3) is 3.35. The summed E-state index contributed by atoms with van der Waals surface area (Å²) in [7, 11) is 0. The van der Waals surface area contributed by atoms with Gasteiger partial charge in [0.15, 0.2) is 0 Å². The molecule has 0 atom stereocenters. The molecule has 2 nitrogen and oxygen atoms in total. The summed E-state index contributed by atoms with van der Waals surface area (Å²) in [6.45, 7) is 8.78. The summed E-state index contributed by atoms with van der Waals surface area (Å²) in [5, 5.41) is 0. The normalized spacial score (nSPS) is 27.1. The molecule has 0 amide bonds. The number of nitrogens with two attached hydrogens (primary N) is 1. The lowest BCUT2D eigenvalue weighted by atomic mass is 9.70. The van der Waals surface area contributed by atoms with Crippen LogP contribution in [0.25, 0.3) is 0 Å². The molecular formula is C18H29NO. The summed E-state index contributed by atoms with van der Waals surface area (Å²) < 4.78 is 5.96. The standard InChI is InChI=1S/C18H29NO/c1-13(2)15-9-11-18(19,12-10-15)16-7-5-6-8-17(16)20-14(3)4/h5-8,13-15H,9-12,19H2,1-4H3. The fourth-order valence-corrected chi connectivity index (χ4v) is 3.33. The second kappa shape index (κ2) is 6.17. The molecule has 20 heavy (non-hydrogen) atoms. The molecule has 112 valence electrons. The molecule has 0 bridgehead atoms. The second-order valence-corrected chi connectivity index (χ2v) is 6.90. The SMILES string of the molecule is CC(C)Oc1ccccc1C1(N)CCC(C(C)C)CC1. The average Bonchev–Trinajstić information content (AvgIpc) is 2.39. The highest BCUT2D eigenvalue weighted by Gasteiger charge is 2.36. The largest absolute Gasteiger partial charge is 0.491 e. The van der Waals surface area contributed by atoms with Gasteiger partial charge in [-0.15, -0.1) is 0 Å². The van der Waals surface area contributed by atoms with Crippen molar-refractivity contribution in [2.24, 2.45) is 17.6 Å². The van der Waals surface area contributed by atoms with Crippen molar-refractivity contribution in [1.29, 1.82) is 0 Å². The molecule has 0 heterocycles. The molecule has 1 aromatic carbocycles. The summed E-state index contributed by atoms with van der Waals surface area (Å²) in [5.41, 5.74) is 7.72. The van der Waals surface area contributed by atoms with Gasteiger partial charge in [0.05, 0.1) is 6.10 Å². The Morgan fingerprint density at radius 3 is 2.25 bits per heavy atom. The lowest BCUT2D eigenvalue weighted by Gasteiger charge is -2.39. The number of hydrogen-bond acceptors (Lipinski definition) is 2. The Morgan fingerprint density at radius 2 is 1.70 bits per heavy atom. The van der Waals surface area contributed by atoms with Crippen molar-refractivity contribution in [2.45, 2.75) is 65.0 Å². The molecule has 0 aromatic heterocycles. The topological polar surface area (TPSA) is 35.2 Å². The van der Waals surface area contributed by atoms with Gasteiger partial charge in [-0.1, -0.05) is 32.0 Å². The van der Waals surface area contributed by atoms with Gasteiger partial charge in [-0.25, -0.2) is 0 Å². The quantitative estimate of drug-likeness (QED) is 0.879. The fourth-order valence-electron chi connectivity index (χ4n) is 3.33. The van der Waals surface area contributed by atoms with Gasteiger partial charge >= 0.3 is 0 Å². The number of hydrogen-bond donors (Lipinski definition) is 1. The lowest BCUT2D eigenvalue weighted by molar-refractivity contribution is 0.184. The first-order valence-electron chi connectivity index (χ1n) is 7.97. The fraction of sp³-hybridized carbons (Fsp3) is 0.667. The van der Waals surface area contributed by atoms with Crippen molar-refractivity contribution < 1.29 is 4.74 Å². The third-order valence-electron chi connectivity index (χ3n) is 4.65. The summed E-state index contributed by atoms with van der Waals surface area (Å²) >= 11 is 0. The van der Waals surface area contributed by atoms with Crippen molar-refractivity contribution in [2.75, 3.05) is 0 Å². The molecule has 1 fully saturated rings. The highest BCUT2D eigenvalue weighted by molar-refractivity contribution is 5.39. The minimum absolute atomic E-state index is 0.187. The van der Waals surface area contributed by atoms with E-state index in [2.05, 4.69) is 45.9 Å². The van der Waals surface area contributed by atoms with Crippen LogP contribution in [0.3, 0.4) is 0 Å². The predicted molar refractivity (Wildman–Crippen MR) is 84.9 cm³/mol. The van der Waals surface area contributed by atoms with Gasteiger partial charge in [0, 0.05) is 11.1 Å². The Hall–Kier alpha value is -1.02. The zero-order valence-corrected chi connectivity index (χ0v) is 13.4. The first-order chi connectivity index (χ1) is 9.42. The summed E-state index contributed by atoms with van der Waals surface area (Å²) in [6, 6.07) is 8.31. The maximum Gasteiger partial charge on any atom is 0.124 e. The monoisotopic (exact) mass is 275 g/mol. The molecule has 1 aliphatic carbocycles. The Kier molecular flexibility index (Phi) is 4.74. The number of rotatable bonds is 4. The van der Waals surface area contributed by atoms with E-state index in [1.165, 1.54) is 18.4 Å². The average molecular weight is 275 g/mol. The zero-order chi connectivity index (χ0) is 14.8. The molecule has 1 aliphatic rings. The number of ether oxygens (including phenoxy) is 1. The van der Waals surface area contributed by atoms with E-state index in [4.69, 9.17) is 10.5 Å². The van der Waals surface area contributed by atoms with Crippen LogP contribution >= 0.6 is 0 Å². The van der Waals surface area contributed by atoms with Gasteiger partial charge in [-0.05, 0) is 57.4 Å². The van der Waals surface area contributed by atoms with Gasteiger partial charge in [0.25, 0.3) is 0 Å². The zero-order valence-electron chi connectivity index (χ0n) is 13.4. The maximum atomic E-state index is 6.74. The highest BCUT2D eigenvalue weighted by Crippen LogP contribution is 2.43. The molecule has 1 aromatic rings. The smallest absolute Gasteiger partial charge is 0.124 e. The van der Waals surface area contributed by atoms with Crippen LogP contribution in [0.1, 0.15) is 58.9 Å². The summed E-state index contributed by atoms with van der Waals surface area (Å²) in [5.74, 6) is 2.56. The van der Waals surface area contributed by atoms with Crippen LogP contribution in [-0.2, 0) is 5.54 Å². The molecule has 2 rings (SSSR count). The van der Waals surface area contributed by atoms with E-state index in [0.717, 1.165) is 30.4 Å². The van der Waals surface area contributed by atoms with Gasteiger partial charge < -0.3 is 10.5 Å². The van der Waals surface area contributed by atoms with E-state index < -0.39 is 0 Å². The van der Waals surface area contributed by atoms with Crippen LogP contribution in [-0.4, -0.2) is 6.10 Å². The molecule has 0 saturated heterocycles. The van der Waals surface area contributed by atoms with E-state index in [9.17, 15) is 0 Å². The van der Waals surface area contributed by atoms with Gasteiger partial charge in [0.2, 0.25) is 0 Å². The van der Waals surface area contributed by atoms with Gasteiger partial charge in [-0.3, -0.25) is 0 Å². The van der Waals surface area contributed by atoms with Crippen LogP contribution in [0.4, 0.5) is 0 Å².